The van der Waals surface area contributed by atoms with Crippen molar-refractivity contribution in [1.29, 1.82) is 0 Å². The highest BCUT2D eigenvalue weighted by atomic mass is 35.5. The summed E-state index contributed by atoms with van der Waals surface area (Å²) in [5, 5.41) is 6.30. The Kier molecular flexibility index (Phi) is 6.09. The molecule has 1 amide bonds. The predicted octanol–water partition coefficient (Wildman–Crippen LogP) is 3.20. The van der Waals surface area contributed by atoms with Crippen LogP contribution in [0.1, 0.15) is 17.7 Å². The lowest BCUT2D eigenvalue weighted by molar-refractivity contribution is -0.137. The van der Waals surface area contributed by atoms with E-state index in [0.717, 1.165) is 12.3 Å². The van der Waals surface area contributed by atoms with Crippen LogP contribution in [-0.4, -0.2) is 53.7 Å². The number of halogens is 4. The van der Waals surface area contributed by atoms with Gasteiger partial charge in [-0.25, -0.2) is 4.98 Å². The lowest BCUT2D eigenvalue weighted by atomic mass is 10.2. The number of carbonyl (C=O) groups is 1. The fourth-order valence-electron chi connectivity index (χ4n) is 2.96. The number of hydrogen-bond acceptors (Lipinski definition) is 6. The van der Waals surface area contributed by atoms with Crippen molar-refractivity contribution in [3.63, 3.8) is 0 Å². The quantitative estimate of drug-likeness (QED) is 0.823. The first-order valence-electron chi connectivity index (χ1n) is 8.65. The van der Waals surface area contributed by atoms with Crippen molar-refractivity contribution in [2.75, 3.05) is 42.9 Å². The number of aryl methyl sites for hydroxylation is 1. The van der Waals surface area contributed by atoms with Crippen molar-refractivity contribution in [3.05, 3.63) is 34.6 Å². The molecule has 1 aliphatic rings. The van der Waals surface area contributed by atoms with E-state index in [4.69, 9.17) is 16.1 Å². The maximum atomic E-state index is 12.8. The van der Waals surface area contributed by atoms with E-state index in [1.807, 2.05) is 9.80 Å². The van der Waals surface area contributed by atoms with Gasteiger partial charge in [-0.05, 0) is 19.4 Å². The zero-order chi connectivity index (χ0) is 20.3. The number of nitrogens with zero attached hydrogens (tertiary/aromatic N) is 4. The van der Waals surface area contributed by atoms with E-state index >= 15 is 0 Å². The smallest absolute Gasteiger partial charge is 0.354 e. The fourth-order valence-corrected chi connectivity index (χ4v) is 3.25. The highest BCUT2D eigenvalue weighted by molar-refractivity contribution is 6.33. The molecule has 1 aliphatic heterocycles. The summed E-state index contributed by atoms with van der Waals surface area (Å²) in [6.45, 7) is 4.20. The predicted molar refractivity (Wildman–Crippen MR) is 97.4 cm³/mol. The van der Waals surface area contributed by atoms with Crippen molar-refractivity contribution in [2.45, 2.75) is 19.5 Å². The molecule has 0 radical (unpaired) electrons. The van der Waals surface area contributed by atoms with Gasteiger partial charge in [-0.2, -0.15) is 13.2 Å². The SMILES string of the molecule is Cc1cc(NC(=O)CN2CCCN(c3ncc(C(F)(F)F)cc3Cl)CC2)on1. The van der Waals surface area contributed by atoms with Crippen molar-refractivity contribution in [3.8, 4) is 0 Å². The van der Waals surface area contributed by atoms with E-state index in [1.165, 1.54) is 0 Å². The number of amides is 1. The van der Waals surface area contributed by atoms with E-state index in [9.17, 15) is 18.0 Å². The maximum absolute atomic E-state index is 12.8. The second-order valence-corrected chi connectivity index (χ2v) is 6.93. The van der Waals surface area contributed by atoms with Gasteiger partial charge in [0.25, 0.3) is 0 Å². The molecule has 0 unspecified atom stereocenters. The van der Waals surface area contributed by atoms with Gasteiger partial charge in [-0.3, -0.25) is 15.0 Å². The topological polar surface area (TPSA) is 74.5 Å². The highest BCUT2D eigenvalue weighted by Gasteiger charge is 2.32. The summed E-state index contributed by atoms with van der Waals surface area (Å²) in [7, 11) is 0. The van der Waals surface area contributed by atoms with Crippen LogP contribution in [0.4, 0.5) is 24.9 Å². The summed E-state index contributed by atoms with van der Waals surface area (Å²) in [6, 6.07) is 2.51. The fraction of sp³-hybridized carbons (Fsp3) is 0.471. The largest absolute Gasteiger partial charge is 0.417 e. The third-order valence-corrected chi connectivity index (χ3v) is 4.57. The molecule has 1 saturated heterocycles. The van der Waals surface area contributed by atoms with Gasteiger partial charge < -0.3 is 9.42 Å². The Bertz CT molecular complexity index is 842. The van der Waals surface area contributed by atoms with Gasteiger partial charge >= 0.3 is 6.18 Å². The third-order valence-electron chi connectivity index (χ3n) is 4.29. The summed E-state index contributed by atoms with van der Waals surface area (Å²) >= 11 is 6.04. The second kappa shape index (κ2) is 8.36. The molecule has 0 bridgehead atoms. The van der Waals surface area contributed by atoms with Crippen molar-refractivity contribution >= 4 is 29.2 Å². The van der Waals surface area contributed by atoms with Gasteiger partial charge in [0.2, 0.25) is 11.8 Å². The molecule has 0 spiro atoms. The number of pyridine rings is 1. The highest BCUT2D eigenvalue weighted by Crippen LogP contribution is 2.33. The van der Waals surface area contributed by atoms with Crippen LogP contribution in [0.3, 0.4) is 0 Å². The van der Waals surface area contributed by atoms with E-state index in [-0.39, 0.29) is 17.5 Å². The minimum atomic E-state index is -4.49. The zero-order valence-electron chi connectivity index (χ0n) is 15.1. The minimum absolute atomic E-state index is 0.0401. The number of nitrogens with one attached hydrogen (secondary N) is 1. The Hall–Kier alpha value is -2.33. The molecule has 1 fully saturated rings. The van der Waals surface area contributed by atoms with Gasteiger partial charge in [0.1, 0.15) is 5.82 Å². The monoisotopic (exact) mass is 417 g/mol. The van der Waals surface area contributed by atoms with Gasteiger partial charge in [-0.1, -0.05) is 16.8 Å². The Morgan fingerprint density at radius 1 is 1.29 bits per heavy atom. The first kappa shape index (κ1) is 20.4. The summed E-state index contributed by atoms with van der Waals surface area (Å²) in [5.74, 6) is 0.382. The Morgan fingerprint density at radius 3 is 2.71 bits per heavy atom. The molecular formula is C17H19ClF3N5O2. The summed E-state index contributed by atoms with van der Waals surface area (Å²) in [5.41, 5.74) is -0.210. The number of rotatable bonds is 4. The molecule has 0 aromatic carbocycles. The Morgan fingerprint density at radius 2 is 2.07 bits per heavy atom. The van der Waals surface area contributed by atoms with E-state index in [2.05, 4.69) is 15.5 Å². The molecule has 1 N–H and O–H groups in total. The molecular weight excluding hydrogens is 399 g/mol. The molecule has 3 heterocycles. The van der Waals surface area contributed by atoms with Gasteiger partial charge in [-0.15, -0.1) is 0 Å². The van der Waals surface area contributed by atoms with Crippen LogP contribution < -0.4 is 10.2 Å². The number of anilines is 2. The van der Waals surface area contributed by atoms with Crippen LogP contribution >= 0.6 is 11.6 Å². The van der Waals surface area contributed by atoms with E-state index in [1.54, 1.807) is 13.0 Å². The average molecular weight is 418 g/mol. The maximum Gasteiger partial charge on any atom is 0.417 e. The molecule has 2 aromatic rings. The van der Waals surface area contributed by atoms with Crippen LogP contribution in [-0.2, 0) is 11.0 Å². The minimum Gasteiger partial charge on any atom is -0.354 e. The molecule has 2 aromatic heterocycles. The van der Waals surface area contributed by atoms with Crippen LogP contribution in [0, 0.1) is 6.92 Å². The lowest BCUT2D eigenvalue weighted by Crippen LogP contribution is -2.36. The molecule has 28 heavy (non-hydrogen) atoms. The lowest BCUT2D eigenvalue weighted by Gasteiger charge is -2.23. The second-order valence-electron chi connectivity index (χ2n) is 6.52. The number of alkyl halides is 3. The molecule has 0 atom stereocenters. The average Bonchev–Trinajstić information content (AvgIpc) is 2.87. The van der Waals surface area contributed by atoms with Crippen LogP contribution in [0.5, 0.6) is 0 Å². The number of aromatic nitrogens is 2. The first-order chi connectivity index (χ1) is 13.2. The standard InChI is InChI=1S/C17H19ClF3N5O2/c1-11-7-15(28-24-11)23-14(27)10-25-3-2-4-26(6-5-25)16-13(18)8-12(9-22-16)17(19,20)21/h7-9H,2-6,10H2,1H3,(H,23,27). The molecule has 3 rings (SSSR count). The van der Waals surface area contributed by atoms with Gasteiger partial charge in [0, 0.05) is 38.4 Å². The normalized spacial score (nSPS) is 16.1. The molecule has 152 valence electrons. The van der Waals surface area contributed by atoms with Crippen LogP contribution in [0.15, 0.2) is 22.9 Å². The van der Waals surface area contributed by atoms with Gasteiger partial charge in [0.15, 0.2) is 0 Å². The van der Waals surface area contributed by atoms with Crippen molar-refractivity contribution in [1.82, 2.24) is 15.0 Å². The molecule has 0 saturated carbocycles. The third kappa shape index (κ3) is 5.14. The van der Waals surface area contributed by atoms with Gasteiger partial charge in [0.05, 0.1) is 22.8 Å². The van der Waals surface area contributed by atoms with Crippen LogP contribution in [0.25, 0.3) is 0 Å². The first-order valence-corrected chi connectivity index (χ1v) is 9.03. The van der Waals surface area contributed by atoms with E-state index < -0.39 is 11.7 Å². The molecule has 7 nitrogen and oxygen atoms in total. The Balaban J connectivity index is 1.58. The number of hydrogen-bond donors (Lipinski definition) is 1. The Labute approximate surface area is 164 Å². The summed E-state index contributed by atoms with van der Waals surface area (Å²) < 4.78 is 43.3. The molecule has 11 heteroatoms. The summed E-state index contributed by atoms with van der Waals surface area (Å²) in [6.07, 6.45) is -2.98. The van der Waals surface area contributed by atoms with E-state index in [0.29, 0.717) is 50.0 Å². The van der Waals surface area contributed by atoms with Crippen molar-refractivity contribution in [2.24, 2.45) is 0 Å². The van der Waals surface area contributed by atoms with Crippen molar-refractivity contribution < 1.29 is 22.5 Å². The molecule has 0 aliphatic carbocycles. The number of carbonyl (C=O) groups excluding carboxylic acids is 1. The zero-order valence-corrected chi connectivity index (χ0v) is 15.8. The van der Waals surface area contributed by atoms with Crippen LogP contribution in [0.2, 0.25) is 5.02 Å². The summed E-state index contributed by atoms with van der Waals surface area (Å²) in [4.78, 5) is 19.8.